The van der Waals surface area contributed by atoms with E-state index in [0.717, 1.165) is 5.56 Å². The van der Waals surface area contributed by atoms with Crippen molar-refractivity contribution in [1.82, 2.24) is 9.55 Å². The Bertz CT molecular complexity index is 1040. The van der Waals surface area contributed by atoms with Gasteiger partial charge in [-0.05, 0) is 29.8 Å². The molecule has 0 unspecified atom stereocenters. The third-order valence-electron chi connectivity index (χ3n) is 4.48. The minimum absolute atomic E-state index is 0.134. The number of aromatic nitrogens is 2. The van der Waals surface area contributed by atoms with Crippen LogP contribution in [-0.4, -0.2) is 39.5 Å². The van der Waals surface area contributed by atoms with E-state index in [9.17, 15) is 9.90 Å². The van der Waals surface area contributed by atoms with E-state index in [1.54, 1.807) is 24.4 Å². The van der Waals surface area contributed by atoms with Gasteiger partial charge in [0.25, 0.3) is 0 Å². The SMILES string of the molecule is O=C(CSc1ncc(CO)n1Cc1ccc(Cl)cc1)Nc1ccc2c(c1)OCCO2. The number of hydrogen-bond acceptors (Lipinski definition) is 6. The lowest BCUT2D eigenvalue weighted by Gasteiger charge is -2.19. The molecule has 0 fully saturated rings. The van der Waals surface area contributed by atoms with Crippen molar-refractivity contribution in [3.05, 3.63) is 64.9 Å². The number of anilines is 1. The van der Waals surface area contributed by atoms with Gasteiger partial charge in [0.2, 0.25) is 5.91 Å². The molecule has 0 atom stereocenters. The van der Waals surface area contributed by atoms with E-state index in [1.807, 2.05) is 28.8 Å². The van der Waals surface area contributed by atoms with Gasteiger partial charge < -0.3 is 24.5 Å². The van der Waals surface area contributed by atoms with E-state index in [-0.39, 0.29) is 18.3 Å². The lowest BCUT2D eigenvalue weighted by atomic mass is 10.2. The molecule has 9 heteroatoms. The molecule has 0 saturated heterocycles. The summed E-state index contributed by atoms with van der Waals surface area (Å²) in [6, 6.07) is 12.8. The lowest BCUT2D eigenvalue weighted by Crippen LogP contribution is -2.17. The van der Waals surface area contributed by atoms with Gasteiger partial charge in [-0.3, -0.25) is 4.79 Å². The number of amides is 1. The number of ether oxygens (including phenoxy) is 2. The standard InChI is InChI=1S/C21H20ClN3O4S/c22-15-3-1-14(2-4-15)11-25-17(12-26)10-23-21(25)30-13-20(27)24-16-5-6-18-19(9-16)29-8-7-28-18/h1-6,9-10,26H,7-8,11-13H2,(H,24,27). The molecule has 1 amide bonds. The first kappa shape index (κ1) is 20.6. The number of nitrogens with one attached hydrogen (secondary N) is 1. The van der Waals surface area contributed by atoms with Crippen LogP contribution in [-0.2, 0) is 17.9 Å². The molecule has 4 rings (SSSR count). The molecule has 0 bridgehead atoms. The Morgan fingerprint density at radius 2 is 1.93 bits per heavy atom. The first-order valence-corrected chi connectivity index (χ1v) is 10.7. The molecule has 0 radical (unpaired) electrons. The smallest absolute Gasteiger partial charge is 0.234 e. The van der Waals surface area contributed by atoms with Crippen LogP contribution in [0.1, 0.15) is 11.3 Å². The summed E-state index contributed by atoms with van der Waals surface area (Å²) < 4.78 is 12.9. The minimum atomic E-state index is -0.164. The summed E-state index contributed by atoms with van der Waals surface area (Å²) in [5.41, 5.74) is 2.35. The van der Waals surface area contributed by atoms with Gasteiger partial charge in [-0.25, -0.2) is 4.98 Å². The number of aliphatic hydroxyl groups is 1. The molecule has 156 valence electrons. The molecule has 2 aromatic carbocycles. The van der Waals surface area contributed by atoms with Crippen LogP contribution in [0.5, 0.6) is 11.5 Å². The van der Waals surface area contributed by atoms with Crippen LogP contribution in [0.4, 0.5) is 5.69 Å². The molecular weight excluding hydrogens is 426 g/mol. The summed E-state index contributed by atoms with van der Waals surface area (Å²) in [6.07, 6.45) is 1.62. The molecule has 1 aliphatic rings. The number of thioether (sulfide) groups is 1. The minimum Gasteiger partial charge on any atom is -0.486 e. The molecule has 0 aliphatic carbocycles. The summed E-state index contributed by atoms with van der Waals surface area (Å²) in [4.78, 5) is 16.8. The maximum absolute atomic E-state index is 12.4. The number of aliphatic hydroxyl groups excluding tert-OH is 1. The van der Waals surface area contributed by atoms with Crippen LogP contribution >= 0.6 is 23.4 Å². The van der Waals surface area contributed by atoms with Crippen LogP contribution in [0, 0.1) is 0 Å². The predicted octanol–water partition coefficient (Wildman–Crippen LogP) is 3.58. The second-order valence-corrected chi connectivity index (χ2v) is 7.98. The number of hydrogen-bond donors (Lipinski definition) is 2. The van der Waals surface area contributed by atoms with Crippen LogP contribution < -0.4 is 14.8 Å². The van der Waals surface area contributed by atoms with Gasteiger partial charge >= 0.3 is 0 Å². The van der Waals surface area contributed by atoms with Crippen molar-refractivity contribution in [2.24, 2.45) is 0 Å². The van der Waals surface area contributed by atoms with Gasteiger partial charge in [0.1, 0.15) is 13.2 Å². The molecule has 2 heterocycles. The highest BCUT2D eigenvalue weighted by Gasteiger charge is 2.15. The first-order valence-electron chi connectivity index (χ1n) is 9.34. The zero-order chi connectivity index (χ0) is 20.9. The molecule has 1 aromatic heterocycles. The van der Waals surface area contributed by atoms with Gasteiger partial charge in [-0.1, -0.05) is 35.5 Å². The largest absolute Gasteiger partial charge is 0.486 e. The number of nitrogens with zero attached hydrogens (tertiary/aromatic N) is 2. The van der Waals surface area contributed by atoms with E-state index in [1.165, 1.54) is 11.8 Å². The molecule has 7 nitrogen and oxygen atoms in total. The quantitative estimate of drug-likeness (QED) is 0.541. The van der Waals surface area contributed by atoms with Gasteiger partial charge in [0, 0.05) is 23.3 Å². The van der Waals surface area contributed by atoms with Crippen molar-refractivity contribution in [1.29, 1.82) is 0 Å². The molecule has 0 saturated carbocycles. The van der Waals surface area contributed by atoms with Gasteiger partial charge in [0.05, 0.1) is 24.3 Å². The monoisotopic (exact) mass is 445 g/mol. The van der Waals surface area contributed by atoms with Crippen molar-refractivity contribution in [3.8, 4) is 11.5 Å². The van der Waals surface area contributed by atoms with E-state index in [2.05, 4.69) is 10.3 Å². The summed E-state index contributed by atoms with van der Waals surface area (Å²) in [6.45, 7) is 1.40. The zero-order valence-electron chi connectivity index (χ0n) is 16.0. The lowest BCUT2D eigenvalue weighted by molar-refractivity contribution is -0.113. The number of carbonyl (C=O) groups excluding carboxylic acids is 1. The maximum Gasteiger partial charge on any atom is 0.234 e. The average molecular weight is 446 g/mol. The maximum atomic E-state index is 12.4. The molecule has 3 aromatic rings. The summed E-state index contributed by atoms with van der Waals surface area (Å²) >= 11 is 7.26. The van der Waals surface area contributed by atoms with Crippen molar-refractivity contribution >= 4 is 35.0 Å². The third kappa shape index (κ3) is 4.89. The van der Waals surface area contributed by atoms with Crippen molar-refractivity contribution < 1.29 is 19.4 Å². The van der Waals surface area contributed by atoms with E-state index in [0.29, 0.717) is 52.8 Å². The molecule has 0 spiro atoms. The summed E-state index contributed by atoms with van der Waals surface area (Å²) in [5, 5.41) is 13.8. The summed E-state index contributed by atoms with van der Waals surface area (Å²) in [5.74, 6) is 1.31. The summed E-state index contributed by atoms with van der Waals surface area (Å²) in [7, 11) is 0. The highest BCUT2D eigenvalue weighted by atomic mass is 35.5. The molecule has 2 N–H and O–H groups in total. The second-order valence-electron chi connectivity index (χ2n) is 6.60. The average Bonchev–Trinajstić information content (AvgIpc) is 3.15. The highest BCUT2D eigenvalue weighted by molar-refractivity contribution is 7.99. The predicted molar refractivity (Wildman–Crippen MR) is 115 cm³/mol. The van der Waals surface area contributed by atoms with E-state index >= 15 is 0 Å². The Kier molecular flexibility index (Phi) is 6.47. The third-order valence-corrected chi connectivity index (χ3v) is 5.72. The molecule has 1 aliphatic heterocycles. The molecule has 30 heavy (non-hydrogen) atoms. The Morgan fingerprint density at radius 3 is 2.70 bits per heavy atom. The fourth-order valence-electron chi connectivity index (χ4n) is 3.02. The molecular formula is C21H20ClN3O4S. The topological polar surface area (TPSA) is 85.6 Å². The van der Waals surface area contributed by atoms with Crippen molar-refractivity contribution in [2.45, 2.75) is 18.3 Å². The number of imidazole rings is 1. The number of rotatable bonds is 7. The van der Waals surface area contributed by atoms with Gasteiger partial charge in [-0.15, -0.1) is 0 Å². The zero-order valence-corrected chi connectivity index (χ0v) is 17.6. The van der Waals surface area contributed by atoms with E-state index < -0.39 is 0 Å². The van der Waals surface area contributed by atoms with Gasteiger partial charge in [-0.2, -0.15) is 0 Å². The van der Waals surface area contributed by atoms with E-state index in [4.69, 9.17) is 21.1 Å². The Labute approximate surface area is 183 Å². The van der Waals surface area contributed by atoms with Gasteiger partial charge in [0.15, 0.2) is 16.7 Å². The Morgan fingerprint density at radius 1 is 1.17 bits per heavy atom. The fraction of sp³-hybridized carbons (Fsp3) is 0.238. The van der Waals surface area contributed by atoms with Crippen LogP contribution in [0.3, 0.4) is 0 Å². The normalized spacial score (nSPS) is 12.6. The Hall–Kier alpha value is -2.68. The number of halogens is 1. The fourth-order valence-corrected chi connectivity index (χ4v) is 3.95. The number of fused-ring (bicyclic) bond motifs is 1. The second kappa shape index (κ2) is 9.42. The van der Waals surface area contributed by atoms with Crippen molar-refractivity contribution in [3.63, 3.8) is 0 Å². The highest BCUT2D eigenvalue weighted by Crippen LogP contribution is 2.32. The first-order chi connectivity index (χ1) is 14.6. The van der Waals surface area contributed by atoms with Crippen LogP contribution in [0.2, 0.25) is 5.02 Å². The number of benzene rings is 2. The van der Waals surface area contributed by atoms with Crippen LogP contribution in [0.15, 0.2) is 53.8 Å². The number of carbonyl (C=O) groups is 1. The Balaban J connectivity index is 1.40. The van der Waals surface area contributed by atoms with Crippen molar-refractivity contribution in [2.75, 3.05) is 24.3 Å². The van der Waals surface area contributed by atoms with Crippen LogP contribution in [0.25, 0.3) is 0 Å².